The van der Waals surface area contributed by atoms with Gasteiger partial charge in [0, 0.05) is 0 Å². The fourth-order valence-corrected chi connectivity index (χ4v) is 5.08. The zero-order valence-corrected chi connectivity index (χ0v) is 22.6. The van der Waals surface area contributed by atoms with Crippen molar-refractivity contribution < 1.29 is 70.7 Å². The minimum Gasteiger partial charge on any atom is -0.497 e. The largest absolute Gasteiger partial charge is 0.497 e. The summed E-state index contributed by atoms with van der Waals surface area (Å²) in [6.07, 6.45) is -13.6. The van der Waals surface area contributed by atoms with Gasteiger partial charge in [-0.15, -0.1) is 0 Å². The van der Waals surface area contributed by atoms with E-state index in [1.54, 1.807) is 24.3 Å². The molecule has 0 atom stereocenters. The van der Waals surface area contributed by atoms with Crippen LogP contribution in [0.2, 0.25) is 0 Å². The Kier molecular flexibility index (Phi) is 8.63. The highest BCUT2D eigenvalue weighted by Crippen LogP contribution is 2.52. The van der Waals surface area contributed by atoms with E-state index in [9.17, 15) is 43.2 Å². The zero-order chi connectivity index (χ0) is 31.9. The fraction of sp³-hybridized carbons (Fsp3) is 0.250. The van der Waals surface area contributed by atoms with Gasteiger partial charge in [-0.1, -0.05) is 17.7 Å². The van der Waals surface area contributed by atoms with Crippen molar-refractivity contribution in [3.05, 3.63) is 77.9 Å². The highest BCUT2D eigenvalue weighted by atomic mass is 32.2. The van der Waals surface area contributed by atoms with Gasteiger partial charge in [0.25, 0.3) is 0 Å². The van der Waals surface area contributed by atoms with E-state index < -0.39 is 64.5 Å². The molecule has 3 rings (SSSR count). The van der Waals surface area contributed by atoms with Gasteiger partial charge in [0.15, 0.2) is 0 Å². The molecule has 3 aromatic carbocycles. The third-order valence-corrected chi connectivity index (χ3v) is 8.20. The van der Waals surface area contributed by atoms with E-state index in [0.29, 0.717) is 11.8 Å². The van der Waals surface area contributed by atoms with Crippen LogP contribution in [0.4, 0.5) is 35.1 Å². The van der Waals surface area contributed by atoms with Gasteiger partial charge in [-0.2, -0.15) is 43.5 Å². The molecule has 0 aromatic heterocycles. The second kappa shape index (κ2) is 11.0. The summed E-state index contributed by atoms with van der Waals surface area (Å²) in [5.41, 5.74) is -1.33. The Balaban J connectivity index is 2.06. The monoisotopic (exact) mass is 650 g/mol. The van der Waals surface area contributed by atoms with E-state index >= 15 is 8.78 Å². The Morgan fingerprint density at radius 3 is 1.64 bits per heavy atom. The molecule has 1 N–H and O–H groups in total. The second-order valence-electron chi connectivity index (χ2n) is 8.45. The fourth-order valence-electron chi connectivity index (χ4n) is 3.26. The maximum atomic E-state index is 15.1. The molecule has 0 unspecified atom stereocenters. The minimum atomic E-state index is -7.16. The first-order chi connectivity index (χ1) is 19.1. The summed E-state index contributed by atoms with van der Waals surface area (Å²) in [5.74, 6) is -6.44. The van der Waals surface area contributed by atoms with E-state index in [1.165, 1.54) is 0 Å². The zero-order valence-electron chi connectivity index (χ0n) is 21.0. The Hall–Kier alpha value is -3.48. The predicted octanol–water partition coefficient (Wildman–Crippen LogP) is 6.40. The lowest BCUT2D eigenvalue weighted by atomic mass is 10.1. The molecule has 42 heavy (non-hydrogen) atoms. The number of hydrogen-bond acceptors (Lipinski definition) is 7. The molecule has 0 aliphatic rings. The lowest BCUT2D eigenvalue weighted by Gasteiger charge is -2.32. The lowest BCUT2D eigenvalue weighted by molar-refractivity contribution is -0.460. The van der Waals surface area contributed by atoms with E-state index in [1.807, 2.05) is 6.92 Å². The van der Waals surface area contributed by atoms with Crippen molar-refractivity contribution in [2.24, 2.45) is 0 Å². The third-order valence-electron chi connectivity index (χ3n) is 5.49. The van der Waals surface area contributed by atoms with Crippen LogP contribution in [0.1, 0.15) is 11.1 Å². The molecule has 0 aliphatic heterocycles. The van der Waals surface area contributed by atoms with Gasteiger partial charge in [-0.05, 0) is 61.5 Å². The highest BCUT2D eigenvalue weighted by Gasteiger charge is 2.74. The number of halogens is 8. The molecule has 0 aliphatic carbocycles. The van der Waals surface area contributed by atoms with Crippen LogP contribution < -0.4 is 9.47 Å². The summed E-state index contributed by atoms with van der Waals surface area (Å²) in [7, 11) is -11.5. The van der Waals surface area contributed by atoms with Crippen molar-refractivity contribution in [3.63, 3.8) is 0 Å². The molecule has 0 heterocycles. The van der Waals surface area contributed by atoms with Crippen LogP contribution in [0.15, 0.2) is 76.5 Å². The van der Waals surface area contributed by atoms with E-state index in [-0.39, 0.29) is 11.8 Å². The van der Waals surface area contributed by atoms with Crippen molar-refractivity contribution in [1.82, 2.24) is 0 Å². The van der Waals surface area contributed by atoms with E-state index in [4.69, 9.17) is 9.29 Å². The quantitative estimate of drug-likeness (QED) is 0.187. The third kappa shape index (κ3) is 6.16. The average molecular weight is 651 g/mol. The summed E-state index contributed by atoms with van der Waals surface area (Å²) >= 11 is 0. The molecule has 0 radical (unpaired) electrons. The molecule has 8 nitrogen and oxygen atoms in total. The molecule has 0 saturated heterocycles. The molecule has 0 amide bonds. The standard InChI is InChI=1S/C24H18F8O8S2/c1-14-3-5-15(6-4-14)39-16-7-10-18(11-8-16)41(33,34)20-12-9-17(38-2)13-19(20)21(25,26)22(27,28)40-23(29,30)24(31,32)42(35,36)37/h3-13H,1-2H3,(H,35,36,37). The SMILES string of the molecule is COc1ccc(S(=O)(=O)c2ccc(Oc3ccc(C)cc3)cc2)c(C(F)(F)C(F)(F)OC(F)(F)C(F)(F)S(=O)(=O)O)c1. The van der Waals surface area contributed by atoms with Gasteiger partial charge in [0.2, 0.25) is 9.84 Å². The first kappa shape index (κ1) is 33.0. The van der Waals surface area contributed by atoms with Gasteiger partial charge in [-0.25, -0.2) is 13.2 Å². The number of ether oxygens (including phenoxy) is 3. The molecule has 18 heteroatoms. The van der Waals surface area contributed by atoms with Gasteiger partial charge in [0.1, 0.15) is 17.2 Å². The average Bonchev–Trinajstić information content (AvgIpc) is 2.88. The number of rotatable bonds is 11. The van der Waals surface area contributed by atoms with Crippen molar-refractivity contribution in [2.75, 3.05) is 7.11 Å². The molecule has 0 bridgehead atoms. The van der Waals surface area contributed by atoms with Crippen molar-refractivity contribution in [1.29, 1.82) is 0 Å². The number of hydrogen-bond donors (Lipinski definition) is 1. The Bertz CT molecular complexity index is 1660. The first-order valence-electron chi connectivity index (χ1n) is 11.0. The normalized spacial score (nSPS) is 13.6. The van der Waals surface area contributed by atoms with Gasteiger partial charge in [-0.3, -0.25) is 4.55 Å². The molecule has 230 valence electrons. The lowest BCUT2D eigenvalue weighted by Crippen LogP contribution is -2.55. The van der Waals surface area contributed by atoms with Crippen LogP contribution in [0.5, 0.6) is 17.2 Å². The Morgan fingerprint density at radius 2 is 1.17 bits per heavy atom. The number of sulfone groups is 1. The maximum absolute atomic E-state index is 15.1. The van der Waals surface area contributed by atoms with Crippen LogP contribution >= 0.6 is 0 Å². The van der Waals surface area contributed by atoms with Crippen LogP contribution in [0.25, 0.3) is 0 Å². The molecular formula is C24H18F8O8S2. The van der Waals surface area contributed by atoms with E-state index in [2.05, 4.69) is 9.47 Å². The molecule has 0 fully saturated rings. The summed E-state index contributed by atoms with van der Waals surface area (Å²) in [5, 5.41) is -6.81. The van der Waals surface area contributed by atoms with Crippen LogP contribution in [-0.4, -0.2) is 46.0 Å². The molecule has 3 aromatic rings. The van der Waals surface area contributed by atoms with Crippen molar-refractivity contribution >= 4 is 20.0 Å². The summed E-state index contributed by atoms with van der Waals surface area (Å²) in [6, 6.07) is 11.5. The van der Waals surface area contributed by atoms with Crippen LogP contribution in [0.3, 0.4) is 0 Å². The summed E-state index contributed by atoms with van der Waals surface area (Å²) in [4.78, 5) is -2.37. The number of alkyl halides is 8. The first-order valence-corrected chi connectivity index (χ1v) is 14.0. The Labute approximate surface area is 233 Å². The summed E-state index contributed by atoms with van der Waals surface area (Å²) in [6.45, 7) is 1.81. The predicted molar refractivity (Wildman–Crippen MR) is 128 cm³/mol. The van der Waals surface area contributed by atoms with Crippen LogP contribution in [0, 0.1) is 6.92 Å². The summed E-state index contributed by atoms with van der Waals surface area (Å²) < 4.78 is 182. The highest BCUT2D eigenvalue weighted by molar-refractivity contribution is 7.91. The smallest absolute Gasteiger partial charge is 0.460 e. The maximum Gasteiger partial charge on any atom is 0.460 e. The van der Waals surface area contributed by atoms with Crippen LogP contribution in [-0.2, 0) is 30.6 Å². The molecule has 0 saturated carbocycles. The molecule has 0 spiro atoms. The van der Waals surface area contributed by atoms with Crippen molar-refractivity contribution in [2.45, 2.75) is 40.1 Å². The van der Waals surface area contributed by atoms with Gasteiger partial charge >= 0.3 is 33.5 Å². The number of methoxy groups -OCH3 is 1. The van der Waals surface area contributed by atoms with Crippen molar-refractivity contribution in [3.8, 4) is 17.2 Å². The number of aryl methyl sites for hydroxylation is 1. The Morgan fingerprint density at radius 1 is 0.690 bits per heavy atom. The van der Waals surface area contributed by atoms with E-state index in [0.717, 1.165) is 43.0 Å². The minimum absolute atomic E-state index is 0.00189. The van der Waals surface area contributed by atoms with Gasteiger partial charge in [0.05, 0.1) is 22.5 Å². The van der Waals surface area contributed by atoms with Gasteiger partial charge < -0.3 is 9.47 Å². The number of benzene rings is 3. The molecular weight excluding hydrogens is 632 g/mol. The topological polar surface area (TPSA) is 116 Å². The second-order valence-corrected chi connectivity index (χ2v) is 11.8.